The third kappa shape index (κ3) is 6.57. The van der Waals surface area contributed by atoms with Crippen LogP contribution in [0.1, 0.15) is 58.1 Å². The number of aryl methyl sites for hydroxylation is 1. The first-order valence-corrected chi connectivity index (χ1v) is 10.6. The van der Waals surface area contributed by atoms with Crippen LogP contribution in [0.25, 0.3) is 10.8 Å². The number of primary amides is 1. The number of nitrogens with two attached hydrogens (primary N) is 1. The Morgan fingerprint density at radius 2 is 1.62 bits per heavy atom. The van der Waals surface area contributed by atoms with Crippen LogP contribution in [0.4, 0.5) is 0 Å². The van der Waals surface area contributed by atoms with Crippen LogP contribution in [0.3, 0.4) is 0 Å². The molecule has 0 saturated carbocycles. The number of hydrogen-bond donors (Lipinski definition) is 1. The highest BCUT2D eigenvalue weighted by Crippen LogP contribution is 2.32. The van der Waals surface area contributed by atoms with Crippen molar-refractivity contribution >= 4 is 16.7 Å². The summed E-state index contributed by atoms with van der Waals surface area (Å²) in [4.78, 5) is 14.9. The monoisotopic (exact) mass is 392 g/mol. The zero-order chi connectivity index (χ0) is 21.4. The summed E-state index contributed by atoms with van der Waals surface area (Å²) in [5, 5.41) is 2.31. The molecule has 0 saturated heterocycles. The van der Waals surface area contributed by atoms with E-state index in [1.54, 1.807) is 0 Å². The lowest BCUT2D eigenvalue weighted by molar-refractivity contribution is -0.119. The fraction of sp³-hybridized carbons (Fsp3) is 0.423. The van der Waals surface area contributed by atoms with Gasteiger partial charge < -0.3 is 5.73 Å². The molecule has 2 N–H and O–H groups in total. The Balaban J connectivity index is 2.34. The molecule has 2 aromatic rings. The molecular weight excluding hydrogens is 356 g/mol. The normalized spacial score (nSPS) is 12.1. The Bertz CT molecular complexity index is 867. The maximum absolute atomic E-state index is 12.5. The smallest absolute Gasteiger partial charge is 0.225 e. The minimum Gasteiger partial charge on any atom is -0.369 e. The minimum atomic E-state index is -0.281. The van der Waals surface area contributed by atoms with Crippen LogP contribution in [-0.4, -0.2) is 30.4 Å². The maximum atomic E-state index is 12.5. The van der Waals surface area contributed by atoms with Crippen LogP contribution in [0, 0.1) is 0 Å². The molecular formula is C26H36N2O. The van der Waals surface area contributed by atoms with Gasteiger partial charge in [0, 0.05) is 13.1 Å². The predicted octanol–water partition coefficient (Wildman–Crippen LogP) is 5.60. The van der Waals surface area contributed by atoms with Gasteiger partial charge in [-0.2, -0.15) is 0 Å². The van der Waals surface area contributed by atoms with Gasteiger partial charge in [0.15, 0.2) is 0 Å². The number of carbonyl (C=O) groups is 1. The summed E-state index contributed by atoms with van der Waals surface area (Å²) in [5.41, 5.74) is 10.9. The second-order valence-electron chi connectivity index (χ2n) is 8.28. The van der Waals surface area contributed by atoms with Gasteiger partial charge in [0.05, 0.1) is 5.92 Å². The first kappa shape index (κ1) is 22.9. The van der Waals surface area contributed by atoms with Gasteiger partial charge in [-0.25, -0.2) is 0 Å². The molecule has 1 amide bonds. The van der Waals surface area contributed by atoms with Gasteiger partial charge in [0.25, 0.3) is 0 Å². The van der Waals surface area contributed by atoms with E-state index in [9.17, 15) is 4.79 Å². The number of benzene rings is 2. The predicted molar refractivity (Wildman–Crippen MR) is 125 cm³/mol. The van der Waals surface area contributed by atoms with E-state index in [2.05, 4.69) is 75.9 Å². The van der Waals surface area contributed by atoms with Crippen molar-refractivity contribution in [3.8, 4) is 0 Å². The first-order chi connectivity index (χ1) is 13.8. The zero-order valence-electron chi connectivity index (χ0n) is 18.7. The molecule has 1 unspecified atom stereocenters. The quantitative estimate of drug-likeness (QED) is 0.535. The molecule has 0 radical (unpaired) electrons. The molecule has 29 heavy (non-hydrogen) atoms. The Morgan fingerprint density at radius 1 is 1.00 bits per heavy atom. The van der Waals surface area contributed by atoms with Crippen LogP contribution in [0.5, 0.6) is 0 Å². The van der Waals surface area contributed by atoms with E-state index in [1.807, 2.05) is 12.1 Å². The van der Waals surface area contributed by atoms with Gasteiger partial charge >= 0.3 is 0 Å². The fourth-order valence-electron chi connectivity index (χ4n) is 3.68. The molecule has 156 valence electrons. The van der Waals surface area contributed by atoms with Crippen LogP contribution < -0.4 is 5.73 Å². The average molecular weight is 393 g/mol. The van der Waals surface area contributed by atoms with Crippen molar-refractivity contribution in [3.05, 3.63) is 70.8 Å². The van der Waals surface area contributed by atoms with E-state index in [1.165, 1.54) is 16.7 Å². The van der Waals surface area contributed by atoms with Gasteiger partial charge in [0.1, 0.15) is 0 Å². The number of fused-ring (bicyclic) bond motifs is 1. The fourth-order valence-corrected chi connectivity index (χ4v) is 3.68. The maximum Gasteiger partial charge on any atom is 0.225 e. The lowest BCUT2D eigenvalue weighted by atomic mass is 9.85. The van der Waals surface area contributed by atoms with E-state index in [4.69, 9.17) is 5.73 Å². The third-order valence-corrected chi connectivity index (χ3v) is 5.38. The Morgan fingerprint density at radius 3 is 2.17 bits per heavy atom. The van der Waals surface area contributed by atoms with Crippen LogP contribution in [0.15, 0.2) is 59.7 Å². The van der Waals surface area contributed by atoms with Gasteiger partial charge in [-0.05, 0) is 69.0 Å². The summed E-state index contributed by atoms with van der Waals surface area (Å²) in [6, 6.07) is 12.6. The number of rotatable bonds is 10. The Kier molecular flexibility index (Phi) is 8.66. The summed E-state index contributed by atoms with van der Waals surface area (Å²) in [6.07, 6.45) is 6.10. The molecule has 2 aromatic carbocycles. The standard InChI is InChI=1S/C26H36N2O/c1-6-21-11-12-22-9-7-8-10-23(22)25(21)24(26(27)29)15-18-28(16-13-19(2)3)17-14-20(4)5/h7-14,24H,6,15-18H2,1-5H3,(H2,27,29). The molecule has 0 aliphatic rings. The highest BCUT2D eigenvalue weighted by molar-refractivity contribution is 5.93. The molecule has 3 heteroatoms. The van der Waals surface area contributed by atoms with Gasteiger partial charge in [-0.1, -0.05) is 66.6 Å². The van der Waals surface area contributed by atoms with Crippen molar-refractivity contribution in [2.24, 2.45) is 5.73 Å². The van der Waals surface area contributed by atoms with E-state index in [0.717, 1.165) is 48.8 Å². The van der Waals surface area contributed by atoms with Crippen LogP contribution in [-0.2, 0) is 11.2 Å². The highest BCUT2D eigenvalue weighted by atomic mass is 16.1. The number of allylic oxidation sites excluding steroid dienone is 2. The van der Waals surface area contributed by atoms with Crippen molar-refractivity contribution in [3.63, 3.8) is 0 Å². The van der Waals surface area contributed by atoms with Gasteiger partial charge in [-0.3, -0.25) is 9.69 Å². The van der Waals surface area contributed by atoms with Gasteiger partial charge in [-0.15, -0.1) is 0 Å². The summed E-state index contributed by atoms with van der Waals surface area (Å²) in [6.45, 7) is 13.2. The topological polar surface area (TPSA) is 46.3 Å². The van der Waals surface area contributed by atoms with Crippen LogP contribution in [0.2, 0.25) is 0 Å². The molecule has 0 aliphatic heterocycles. The van der Waals surface area contributed by atoms with Crippen LogP contribution >= 0.6 is 0 Å². The largest absolute Gasteiger partial charge is 0.369 e. The lowest BCUT2D eigenvalue weighted by Gasteiger charge is -2.24. The van der Waals surface area contributed by atoms with Crippen molar-refractivity contribution in [1.82, 2.24) is 4.90 Å². The SMILES string of the molecule is CCc1ccc2ccccc2c1C(CCN(CC=C(C)C)CC=C(C)C)C(N)=O. The summed E-state index contributed by atoms with van der Waals surface area (Å²) in [7, 11) is 0. The number of carbonyl (C=O) groups excluding carboxylic acids is 1. The number of amides is 1. The second-order valence-corrected chi connectivity index (χ2v) is 8.28. The second kappa shape index (κ2) is 11.0. The van der Waals surface area contributed by atoms with Crippen molar-refractivity contribution < 1.29 is 4.79 Å². The Labute approximate surface area is 176 Å². The van der Waals surface area contributed by atoms with Crippen molar-refractivity contribution in [1.29, 1.82) is 0 Å². The van der Waals surface area contributed by atoms with E-state index in [-0.39, 0.29) is 11.8 Å². The minimum absolute atomic E-state index is 0.236. The molecule has 0 fully saturated rings. The molecule has 3 nitrogen and oxygen atoms in total. The number of nitrogens with zero attached hydrogens (tertiary/aromatic N) is 1. The van der Waals surface area contributed by atoms with E-state index in [0.29, 0.717) is 0 Å². The first-order valence-electron chi connectivity index (χ1n) is 10.6. The summed E-state index contributed by atoms with van der Waals surface area (Å²) >= 11 is 0. The van der Waals surface area contributed by atoms with Crippen molar-refractivity contribution in [2.75, 3.05) is 19.6 Å². The van der Waals surface area contributed by atoms with E-state index >= 15 is 0 Å². The highest BCUT2D eigenvalue weighted by Gasteiger charge is 2.23. The molecule has 0 spiro atoms. The van der Waals surface area contributed by atoms with Crippen molar-refractivity contribution in [2.45, 2.75) is 53.4 Å². The lowest BCUT2D eigenvalue weighted by Crippen LogP contribution is -2.30. The average Bonchev–Trinajstić information content (AvgIpc) is 2.68. The Hall–Kier alpha value is -2.39. The summed E-state index contributed by atoms with van der Waals surface area (Å²) in [5.74, 6) is -0.516. The molecule has 2 rings (SSSR count). The van der Waals surface area contributed by atoms with Gasteiger partial charge in [0.2, 0.25) is 5.91 Å². The number of hydrogen-bond acceptors (Lipinski definition) is 2. The van der Waals surface area contributed by atoms with E-state index < -0.39 is 0 Å². The molecule has 0 aromatic heterocycles. The zero-order valence-corrected chi connectivity index (χ0v) is 18.7. The molecule has 0 heterocycles. The molecule has 1 atom stereocenters. The molecule has 0 aliphatic carbocycles. The third-order valence-electron chi connectivity index (χ3n) is 5.38. The summed E-state index contributed by atoms with van der Waals surface area (Å²) < 4.78 is 0. The molecule has 0 bridgehead atoms.